The van der Waals surface area contributed by atoms with Crippen molar-refractivity contribution in [2.75, 3.05) is 43.1 Å². The van der Waals surface area contributed by atoms with E-state index in [1.54, 1.807) is 11.0 Å². The number of piperazine rings is 1. The number of halogens is 3. The summed E-state index contributed by atoms with van der Waals surface area (Å²) in [5, 5.41) is 1.90. The van der Waals surface area contributed by atoms with Gasteiger partial charge in [0.1, 0.15) is 15.6 Å². The van der Waals surface area contributed by atoms with Crippen LogP contribution in [0.5, 0.6) is 5.75 Å². The fourth-order valence-electron chi connectivity index (χ4n) is 4.49. The average Bonchev–Trinajstić information content (AvgIpc) is 3.32. The molecule has 0 radical (unpaired) electrons. The lowest BCUT2D eigenvalue weighted by molar-refractivity contribution is -0.139. The standard InChI is InChI=1S/C22H25F3N2O4S2/c1-31-19-5-4-16(13-17(19)22(23,24)25)26-8-9-27(18(14-26)20-3-2-10-32-20)21(28)15-6-11-33(29,30)12-7-15/h2-5,10,13,15,18H,6-9,11-12,14H2,1H3. The molecule has 2 aliphatic rings. The maximum Gasteiger partial charge on any atom is 0.420 e. The van der Waals surface area contributed by atoms with Gasteiger partial charge in [0, 0.05) is 36.1 Å². The number of alkyl halides is 3. The van der Waals surface area contributed by atoms with E-state index in [1.807, 2.05) is 22.4 Å². The van der Waals surface area contributed by atoms with E-state index in [9.17, 15) is 26.4 Å². The fourth-order valence-corrected chi connectivity index (χ4v) is 6.81. The van der Waals surface area contributed by atoms with E-state index in [0.29, 0.717) is 38.2 Å². The molecule has 0 spiro atoms. The number of nitrogens with zero attached hydrogens (tertiary/aromatic N) is 2. The second kappa shape index (κ2) is 9.17. The molecule has 2 saturated heterocycles. The average molecular weight is 503 g/mol. The van der Waals surface area contributed by atoms with Gasteiger partial charge in [-0.15, -0.1) is 11.3 Å². The molecule has 0 saturated carbocycles. The monoisotopic (exact) mass is 502 g/mol. The first-order valence-corrected chi connectivity index (χ1v) is 13.3. The zero-order chi connectivity index (χ0) is 23.8. The second-order valence-electron chi connectivity index (χ2n) is 8.32. The minimum Gasteiger partial charge on any atom is -0.496 e. The van der Waals surface area contributed by atoms with Crippen LogP contribution in [-0.4, -0.2) is 57.5 Å². The molecule has 2 fully saturated rings. The van der Waals surface area contributed by atoms with Gasteiger partial charge in [-0.05, 0) is 42.5 Å². The van der Waals surface area contributed by atoms with Gasteiger partial charge in [0.25, 0.3) is 0 Å². The smallest absolute Gasteiger partial charge is 0.420 e. The number of anilines is 1. The SMILES string of the molecule is COc1ccc(N2CCN(C(=O)C3CCS(=O)(=O)CC3)C(c3cccs3)C2)cc1C(F)(F)F. The summed E-state index contributed by atoms with van der Waals surface area (Å²) in [5.74, 6) is -0.630. The number of carbonyl (C=O) groups is 1. The highest BCUT2D eigenvalue weighted by Gasteiger charge is 2.39. The quantitative estimate of drug-likeness (QED) is 0.633. The molecule has 2 aliphatic heterocycles. The predicted octanol–water partition coefficient (Wildman–Crippen LogP) is 3.99. The van der Waals surface area contributed by atoms with Crippen LogP contribution in [0.2, 0.25) is 0 Å². The number of thiophene rings is 1. The third-order valence-electron chi connectivity index (χ3n) is 6.29. The number of methoxy groups -OCH3 is 1. The molecule has 1 aromatic heterocycles. The molecule has 33 heavy (non-hydrogen) atoms. The topological polar surface area (TPSA) is 66.9 Å². The molecular weight excluding hydrogens is 477 g/mol. The molecule has 2 aromatic rings. The minimum atomic E-state index is -4.55. The number of hydrogen-bond donors (Lipinski definition) is 0. The van der Waals surface area contributed by atoms with Crippen LogP contribution in [-0.2, 0) is 20.8 Å². The van der Waals surface area contributed by atoms with Gasteiger partial charge < -0.3 is 14.5 Å². The van der Waals surface area contributed by atoms with Crippen molar-refractivity contribution in [1.29, 1.82) is 0 Å². The van der Waals surface area contributed by atoms with Crippen LogP contribution >= 0.6 is 11.3 Å². The number of benzene rings is 1. The number of ether oxygens (including phenoxy) is 1. The summed E-state index contributed by atoms with van der Waals surface area (Å²) < 4.78 is 69.0. The highest BCUT2D eigenvalue weighted by Crippen LogP contribution is 2.40. The van der Waals surface area contributed by atoms with Crippen LogP contribution in [0.4, 0.5) is 18.9 Å². The van der Waals surface area contributed by atoms with Crippen molar-refractivity contribution in [2.24, 2.45) is 5.92 Å². The summed E-state index contributed by atoms with van der Waals surface area (Å²) in [7, 11) is -1.88. The number of amides is 1. The zero-order valence-corrected chi connectivity index (χ0v) is 19.7. The van der Waals surface area contributed by atoms with E-state index in [-0.39, 0.29) is 35.1 Å². The maximum absolute atomic E-state index is 13.5. The largest absolute Gasteiger partial charge is 0.496 e. The number of rotatable bonds is 4. The van der Waals surface area contributed by atoms with Gasteiger partial charge in [-0.25, -0.2) is 8.42 Å². The highest BCUT2D eigenvalue weighted by atomic mass is 32.2. The molecule has 11 heteroatoms. The predicted molar refractivity (Wildman–Crippen MR) is 120 cm³/mol. The fraction of sp³-hybridized carbons (Fsp3) is 0.500. The Labute approximate surface area is 194 Å². The van der Waals surface area contributed by atoms with Gasteiger partial charge in [-0.2, -0.15) is 13.2 Å². The number of sulfone groups is 1. The van der Waals surface area contributed by atoms with Crippen LogP contribution in [0.15, 0.2) is 35.7 Å². The Morgan fingerprint density at radius 1 is 1.15 bits per heavy atom. The van der Waals surface area contributed by atoms with Gasteiger partial charge in [-0.1, -0.05) is 6.07 Å². The third-order valence-corrected chi connectivity index (χ3v) is 8.98. The number of hydrogen-bond acceptors (Lipinski definition) is 6. The Hall–Kier alpha value is -2.27. The molecule has 1 unspecified atom stereocenters. The Kier molecular flexibility index (Phi) is 6.63. The molecule has 6 nitrogen and oxygen atoms in total. The summed E-state index contributed by atoms with van der Waals surface area (Å²) in [6.07, 6.45) is -3.93. The van der Waals surface area contributed by atoms with Gasteiger partial charge in [0.05, 0.1) is 30.2 Å². The second-order valence-corrected chi connectivity index (χ2v) is 11.6. The molecule has 1 aromatic carbocycles. The first-order valence-electron chi connectivity index (χ1n) is 10.6. The van der Waals surface area contributed by atoms with Crippen molar-refractivity contribution >= 4 is 32.8 Å². The van der Waals surface area contributed by atoms with Crippen LogP contribution in [0, 0.1) is 5.92 Å². The Morgan fingerprint density at radius 2 is 1.88 bits per heavy atom. The lowest BCUT2D eigenvalue weighted by Gasteiger charge is -2.43. The van der Waals surface area contributed by atoms with Crippen LogP contribution < -0.4 is 9.64 Å². The molecule has 180 valence electrons. The van der Waals surface area contributed by atoms with Crippen molar-refractivity contribution in [2.45, 2.75) is 25.1 Å². The molecule has 0 N–H and O–H groups in total. The normalized spacial score (nSPS) is 21.8. The van der Waals surface area contributed by atoms with Gasteiger partial charge in [0.2, 0.25) is 5.91 Å². The summed E-state index contributed by atoms with van der Waals surface area (Å²) in [5.41, 5.74) is -0.419. The Bertz CT molecular complexity index is 1090. The molecule has 1 atom stereocenters. The summed E-state index contributed by atoms with van der Waals surface area (Å²) in [6.45, 7) is 1.07. The van der Waals surface area contributed by atoms with E-state index in [1.165, 1.54) is 24.5 Å². The zero-order valence-electron chi connectivity index (χ0n) is 18.0. The maximum atomic E-state index is 13.5. The summed E-state index contributed by atoms with van der Waals surface area (Å²) in [6, 6.07) is 7.49. The molecule has 3 heterocycles. The van der Waals surface area contributed by atoms with Crippen LogP contribution in [0.25, 0.3) is 0 Å². The van der Waals surface area contributed by atoms with E-state index in [2.05, 4.69) is 0 Å². The van der Waals surface area contributed by atoms with E-state index >= 15 is 0 Å². The van der Waals surface area contributed by atoms with E-state index < -0.39 is 21.6 Å². The first-order chi connectivity index (χ1) is 15.6. The molecule has 0 bridgehead atoms. The van der Waals surface area contributed by atoms with E-state index in [4.69, 9.17) is 4.74 Å². The molecular formula is C22H25F3N2O4S2. The summed E-state index contributed by atoms with van der Waals surface area (Å²) >= 11 is 1.49. The highest BCUT2D eigenvalue weighted by molar-refractivity contribution is 7.91. The number of carbonyl (C=O) groups excluding carboxylic acids is 1. The van der Waals surface area contributed by atoms with Crippen molar-refractivity contribution in [3.05, 3.63) is 46.2 Å². The molecule has 1 amide bonds. The van der Waals surface area contributed by atoms with Gasteiger partial charge >= 0.3 is 6.18 Å². The van der Waals surface area contributed by atoms with Crippen molar-refractivity contribution in [3.63, 3.8) is 0 Å². The third kappa shape index (κ3) is 5.13. The minimum absolute atomic E-state index is 0.0130. The van der Waals surface area contributed by atoms with E-state index in [0.717, 1.165) is 10.9 Å². The van der Waals surface area contributed by atoms with Crippen LogP contribution in [0.3, 0.4) is 0 Å². The van der Waals surface area contributed by atoms with Crippen molar-refractivity contribution in [1.82, 2.24) is 4.90 Å². The van der Waals surface area contributed by atoms with Gasteiger partial charge in [-0.3, -0.25) is 4.79 Å². The Morgan fingerprint density at radius 3 is 2.48 bits per heavy atom. The molecule has 0 aliphatic carbocycles. The lowest BCUT2D eigenvalue weighted by Crippen LogP contribution is -2.52. The van der Waals surface area contributed by atoms with Gasteiger partial charge in [0.15, 0.2) is 0 Å². The summed E-state index contributed by atoms with van der Waals surface area (Å²) in [4.78, 5) is 17.9. The van der Waals surface area contributed by atoms with Crippen molar-refractivity contribution < 1.29 is 31.1 Å². The van der Waals surface area contributed by atoms with Crippen molar-refractivity contribution in [3.8, 4) is 5.75 Å². The van der Waals surface area contributed by atoms with Crippen LogP contribution in [0.1, 0.15) is 29.3 Å². The first kappa shape index (κ1) is 23.9. The Balaban J connectivity index is 1.58. The lowest BCUT2D eigenvalue weighted by atomic mass is 9.98. The molecule has 4 rings (SSSR count).